The Labute approximate surface area is 92.2 Å². The predicted molar refractivity (Wildman–Crippen MR) is 61.6 cm³/mol. The zero-order chi connectivity index (χ0) is 11.1. The molecular formula is C11H23N3O. The van der Waals surface area contributed by atoms with Gasteiger partial charge in [0.2, 0.25) is 5.91 Å². The number of hydrogen-bond donors (Lipinski definition) is 2. The second kappa shape index (κ2) is 6.80. The molecule has 1 saturated heterocycles. The topological polar surface area (TPSA) is 58.4 Å². The molecule has 1 aliphatic heterocycles. The van der Waals surface area contributed by atoms with Gasteiger partial charge in [-0.2, -0.15) is 0 Å². The molecule has 0 aromatic heterocycles. The number of hydrogen-bond acceptors (Lipinski definition) is 3. The molecule has 1 heterocycles. The van der Waals surface area contributed by atoms with Gasteiger partial charge in [-0.25, -0.2) is 0 Å². The SMILES string of the molecule is CCCCN(CC(N)=O)C1CCCNC1. The van der Waals surface area contributed by atoms with Gasteiger partial charge in [0.05, 0.1) is 6.54 Å². The molecule has 3 N–H and O–H groups in total. The second-order valence-electron chi connectivity index (χ2n) is 4.29. The van der Waals surface area contributed by atoms with E-state index in [-0.39, 0.29) is 5.91 Å². The molecule has 1 fully saturated rings. The van der Waals surface area contributed by atoms with Crippen LogP contribution < -0.4 is 11.1 Å². The van der Waals surface area contributed by atoms with Crippen LogP contribution in [0.15, 0.2) is 0 Å². The van der Waals surface area contributed by atoms with Gasteiger partial charge >= 0.3 is 0 Å². The van der Waals surface area contributed by atoms with Crippen LogP contribution in [-0.2, 0) is 4.79 Å². The molecule has 4 heteroatoms. The lowest BCUT2D eigenvalue weighted by molar-refractivity contribution is -0.119. The summed E-state index contributed by atoms with van der Waals surface area (Å²) in [5.74, 6) is -0.211. The van der Waals surface area contributed by atoms with Crippen LogP contribution in [0.5, 0.6) is 0 Å². The van der Waals surface area contributed by atoms with Gasteiger partial charge in [0, 0.05) is 12.6 Å². The van der Waals surface area contributed by atoms with Crippen molar-refractivity contribution in [2.75, 3.05) is 26.2 Å². The third-order valence-corrected chi connectivity index (χ3v) is 2.95. The van der Waals surface area contributed by atoms with Gasteiger partial charge in [-0.05, 0) is 32.4 Å². The predicted octanol–water partition coefficient (Wildman–Crippen LogP) is 0.326. The molecule has 1 amide bonds. The summed E-state index contributed by atoms with van der Waals surface area (Å²) in [7, 11) is 0. The molecule has 1 atom stereocenters. The minimum atomic E-state index is -0.211. The van der Waals surface area contributed by atoms with Crippen molar-refractivity contribution >= 4 is 5.91 Å². The summed E-state index contributed by atoms with van der Waals surface area (Å²) in [5, 5.41) is 3.37. The highest BCUT2D eigenvalue weighted by atomic mass is 16.1. The lowest BCUT2D eigenvalue weighted by atomic mass is 10.1. The fourth-order valence-corrected chi connectivity index (χ4v) is 2.10. The van der Waals surface area contributed by atoms with E-state index in [9.17, 15) is 4.79 Å². The zero-order valence-corrected chi connectivity index (χ0v) is 9.67. The van der Waals surface area contributed by atoms with Crippen LogP contribution in [0.1, 0.15) is 32.6 Å². The third-order valence-electron chi connectivity index (χ3n) is 2.95. The quantitative estimate of drug-likeness (QED) is 0.668. The highest BCUT2D eigenvalue weighted by Gasteiger charge is 2.21. The minimum Gasteiger partial charge on any atom is -0.369 e. The van der Waals surface area contributed by atoms with Crippen molar-refractivity contribution < 1.29 is 4.79 Å². The number of carbonyl (C=O) groups excluding carboxylic acids is 1. The van der Waals surface area contributed by atoms with Gasteiger partial charge in [0.1, 0.15) is 0 Å². The van der Waals surface area contributed by atoms with Gasteiger partial charge in [0.25, 0.3) is 0 Å². The minimum absolute atomic E-state index is 0.211. The molecule has 0 bridgehead atoms. The molecule has 0 aliphatic carbocycles. The molecule has 0 aromatic carbocycles. The normalized spacial score (nSPS) is 21.9. The van der Waals surface area contributed by atoms with E-state index in [1.807, 2.05) is 0 Å². The van der Waals surface area contributed by atoms with Crippen LogP contribution in [0.3, 0.4) is 0 Å². The summed E-state index contributed by atoms with van der Waals surface area (Å²) in [6, 6.07) is 0.498. The lowest BCUT2D eigenvalue weighted by Crippen LogP contribution is -2.49. The average molecular weight is 213 g/mol. The van der Waals surface area contributed by atoms with Crippen LogP contribution >= 0.6 is 0 Å². The van der Waals surface area contributed by atoms with Gasteiger partial charge in [0.15, 0.2) is 0 Å². The number of rotatable bonds is 6. The van der Waals surface area contributed by atoms with E-state index in [4.69, 9.17) is 5.73 Å². The summed E-state index contributed by atoms with van der Waals surface area (Å²) < 4.78 is 0. The number of unbranched alkanes of at least 4 members (excludes halogenated alkanes) is 1. The summed E-state index contributed by atoms with van der Waals surface area (Å²) >= 11 is 0. The van der Waals surface area contributed by atoms with Gasteiger partial charge in [-0.3, -0.25) is 9.69 Å². The first-order valence-corrected chi connectivity index (χ1v) is 5.97. The highest BCUT2D eigenvalue weighted by Crippen LogP contribution is 2.10. The highest BCUT2D eigenvalue weighted by molar-refractivity contribution is 5.75. The summed E-state index contributed by atoms with van der Waals surface area (Å²) in [6.45, 7) is 5.67. The number of carbonyl (C=O) groups is 1. The van der Waals surface area contributed by atoms with Gasteiger partial charge in [-0.1, -0.05) is 13.3 Å². The average Bonchev–Trinajstić information content (AvgIpc) is 2.25. The molecule has 1 aliphatic rings. The standard InChI is InChI=1S/C11H23N3O/c1-2-3-7-14(9-11(12)15)10-5-4-6-13-8-10/h10,13H,2-9H2,1H3,(H2,12,15). The van der Waals surface area contributed by atoms with E-state index in [0.717, 1.165) is 32.5 Å². The molecule has 15 heavy (non-hydrogen) atoms. The Kier molecular flexibility index (Phi) is 5.65. The number of amides is 1. The molecule has 0 radical (unpaired) electrons. The van der Waals surface area contributed by atoms with E-state index < -0.39 is 0 Å². The molecule has 0 spiro atoms. The van der Waals surface area contributed by atoms with Crippen molar-refractivity contribution in [1.29, 1.82) is 0 Å². The first-order chi connectivity index (χ1) is 7.24. The molecule has 88 valence electrons. The van der Waals surface area contributed by atoms with E-state index >= 15 is 0 Å². The van der Waals surface area contributed by atoms with Crippen LogP contribution in [0.4, 0.5) is 0 Å². The van der Waals surface area contributed by atoms with E-state index in [1.54, 1.807) is 0 Å². The Morgan fingerprint density at radius 1 is 1.60 bits per heavy atom. The van der Waals surface area contributed by atoms with Crippen LogP contribution in [-0.4, -0.2) is 43.0 Å². The van der Waals surface area contributed by atoms with Crippen LogP contribution in [0.25, 0.3) is 0 Å². The van der Waals surface area contributed by atoms with Crippen molar-refractivity contribution in [3.8, 4) is 0 Å². The second-order valence-corrected chi connectivity index (χ2v) is 4.29. The molecule has 0 saturated carbocycles. The Bertz CT molecular complexity index is 190. The van der Waals surface area contributed by atoms with Crippen LogP contribution in [0.2, 0.25) is 0 Å². The number of nitrogens with two attached hydrogens (primary N) is 1. The Hall–Kier alpha value is -0.610. The van der Waals surface area contributed by atoms with Crippen LogP contribution in [0, 0.1) is 0 Å². The number of nitrogens with one attached hydrogen (secondary N) is 1. The number of nitrogens with zero attached hydrogens (tertiary/aromatic N) is 1. The maximum atomic E-state index is 11.0. The fraction of sp³-hybridized carbons (Fsp3) is 0.909. The Morgan fingerprint density at radius 3 is 2.93 bits per heavy atom. The zero-order valence-electron chi connectivity index (χ0n) is 9.67. The molecule has 1 rings (SSSR count). The van der Waals surface area contributed by atoms with E-state index in [0.29, 0.717) is 12.6 Å². The largest absolute Gasteiger partial charge is 0.369 e. The first kappa shape index (κ1) is 12.5. The monoisotopic (exact) mass is 213 g/mol. The lowest BCUT2D eigenvalue weighted by Gasteiger charge is -2.33. The van der Waals surface area contributed by atoms with Crippen molar-refractivity contribution in [1.82, 2.24) is 10.2 Å². The first-order valence-electron chi connectivity index (χ1n) is 5.97. The smallest absolute Gasteiger partial charge is 0.231 e. The van der Waals surface area contributed by atoms with Crippen molar-refractivity contribution in [2.24, 2.45) is 5.73 Å². The third kappa shape index (κ3) is 4.62. The molecule has 0 aromatic rings. The van der Waals surface area contributed by atoms with E-state index in [1.165, 1.54) is 12.8 Å². The van der Waals surface area contributed by atoms with Crippen molar-refractivity contribution in [2.45, 2.75) is 38.6 Å². The summed E-state index contributed by atoms with van der Waals surface area (Å²) in [5.41, 5.74) is 5.27. The van der Waals surface area contributed by atoms with Gasteiger partial charge < -0.3 is 11.1 Å². The number of piperidine rings is 1. The van der Waals surface area contributed by atoms with Crippen molar-refractivity contribution in [3.05, 3.63) is 0 Å². The summed E-state index contributed by atoms with van der Waals surface area (Å²) in [6.07, 6.45) is 4.69. The van der Waals surface area contributed by atoms with Crippen molar-refractivity contribution in [3.63, 3.8) is 0 Å². The fourth-order valence-electron chi connectivity index (χ4n) is 2.10. The molecule has 1 unspecified atom stereocenters. The number of primary amides is 1. The molecule has 4 nitrogen and oxygen atoms in total. The molecular weight excluding hydrogens is 190 g/mol. The Balaban J connectivity index is 2.41. The van der Waals surface area contributed by atoms with Gasteiger partial charge in [-0.15, -0.1) is 0 Å². The maximum absolute atomic E-state index is 11.0. The van der Waals surface area contributed by atoms with E-state index in [2.05, 4.69) is 17.1 Å². The Morgan fingerprint density at radius 2 is 2.40 bits per heavy atom. The maximum Gasteiger partial charge on any atom is 0.231 e. The summed E-state index contributed by atoms with van der Waals surface area (Å²) in [4.78, 5) is 13.2.